The van der Waals surface area contributed by atoms with Crippen LogP contribution in [0.1, 0.15) is 83.8 Å². The van der Waals surface area contributed by atoms with E-state index >= 15 is 0 Å². The number of fused-ring (bicyclic) bond motifs is 1. The molecule has 0 aliphatic carbocycles. The second-order valence-electron chi connectivity index (χ2n) is 19.3. The van der Waals surface area contributed by atoms with E-state index in [1.807, 2.05) is 29.6 Å². The molecule has 9 atom stereocenters. The Labute approximate surface area is 443 Å². The van der Waals surface area contributed by atoms with Crippen molar-refractivity contribution in [1.82, 2.24) is 47.1 Å². The number of rotatable bonds is 30. The zero-order valence-electron chi connectivity index (χ0n) is 43.3. The Bertz CT molecular complexity index is 2640. The average Bonchev–Trinajstić information content (AvgIpc) is 4.04. The minimum absolute atomic E-state index is 0.0770. The van der Waals surface area contributed by atoms with Gasteiger partial charge in [0.1, 0.15) is 48.8 Å². The fraction of sp³-hybridized carbons (Fsp3) is 0.490. The summed E-state index contributed by atoms with van der Waals surface area (Å²) in [4.78, 5) is 162. The van der Waals surface area contributed by atoms with E-state index in [0.29, 0.717) is 12.0 Å². The number of nitrogens with one attached hydrogen (secondary N) is 8. The number of benzene rings is 2. The Morgan fingerprint density at radius 2 is 1.25 bits per heavy atom. The van der Waals surface area contributed by atoms with E-state index in [-0.39, 0.29) is 38.6 Å². The summed E-state index contributed by atoms with van der Waals surface area (Å²) in [7, 11) is 0. The molecular weight excluding hydrogens is 1000 g/mol. The molecule has 2 aromatic carbocycles. The first kappa shape index (κ1) is 61.1. The van der Waals surface area contributed by atoms with Crippen molar-refractivity contribution in [2.24, 2.45) is 29.0 Å². The molecule has 0 bridgehead atoms. The molecule has 1 aromatic heterocycles. The Morgan fingerprint density at radius 3 is 1.87 bits per heavy atom. The number of nitrogens with zero attached hydrogens (tertiary/aromatic N) is 1. The Morgan fingerprint density at radius 1 is 0.662 bits per heavy atom. The highest BCUT2D eigenvalue weighted by atomic mass is 16.4. The van der Waals surface area contributed by atoms with Crippen LogP contribution in [0, 0.1) is 11.8 Å². The molecule has 77 heavy (non-hydrogen) atoms. The van der Waals surface area contributed by atoms with E-state index < -0.39 is 157 Å². The summed E-state index contributed by atoms with van der Waals surface area (Å²) in [6, 6.07) is 4.71. The van der Waals surface area contributed by atoms with Crippen LogP contribution in [0.3, 0.4) is 0 Å². The highest BCUT2D eigenvalue weighted by Crippen LogP contribution is 2.23. The van der Waals surface area contributed by atoms with Gasteiger partial charge in [-0.15, -0.1) is 0 Å². The van der Waals surface area contributed by atoms with Gasteiger partial charge in [0.25, 0.3) is 0 Å². The molecule has 0 radical (unpaired) electrons. The van der Waals surface area contributed by atoms with E-state index in [4.69, 9.17) is 22.3 Å². The van der Waals surface area contributed by atoms with Crippen LogP contribution in [0.25, 0.3) is 10.9 Å². The number of carboxylic acids is 2. The molecule has 1 saturated heterocycles. The highest BCUT2D eigenvalue weighted by Gasteiger charge is 2.40. The van der Waals surface area contributed by atoms with Crippen molar-refractivity contribution < 1.29 is 67.7 Å². The summed E-state index contributed by atoms with van der Waals surface area (Å²) in [6.07, 6.45) is 0.227. The van der Waals surface area contributed by atoms with Gasteiger partial charge < -0.3 is 74.5 Å². The topological polar surface area (TPSA) is 427 Å². The van der Waals surface area contributed by atoms with Crippen LogP contribution < -0.4 is 54.4 Å². The van der Waals surface area contributed by atoms with Gasteiger partial charge in [0, 0.05) is 36.5 Å². The molecule has 0 spiro atoms. The second-order valence-corrected chi connectivity index (χ2v) is 19.3. The summed E-state index contributed by atoms with van der Waals surface area (Å²) >= 11 is 0. The highest BCUT2D eigenvalue weighted by molar-refractivity contribution is 6.00. The first-order chi connectivity index (χ1) is 36.4. The lowest BCUT2D eigenvalue weighted by Crippen LogP contribution is -2.62. The molecule has 26 heteroatoms. The molecular formula is C51H70N12O14. The van der Waals surface area contributed by atoms with Gasteiger partial charge >= 0.3 is 11.9 Å². The number of para-hydroxylation sites is 1. The first-order valence-electron chi connectivity index (χ1n) is 25.2. The minimum atomic E-state index is -1.86. The summed E-state index contributed by atoms with van der Waals surface area (Å²) < 4.78 is 0. The predicted octanol–water partition coefficient (Wildman–Crippen LogP) is -2.30. The van der Waals surface area contributed by atoms with Gasteiger partial charge in [-0.2, -0.15) is 0 Å². The van der Waals surface area contributed by atoms with Crippen molar-refractivity contribution in [2.45, 2.75) is 134 Å². The Kier molecular flexibility index (Phi) is 23.0. The van der Waals surface area contributed by atoms with E-state index in [1.54, 1.807) is 64.2 Å². The number of carbonyl (C=O) groups excluding carboxylic acids is 10. The maximum Gasteiger partial charge on any atom is 0.322 e. The summed E-state index contributed by atoms with van der Waals surface area (Å²) in [5, 5.41) is 36.0. The smallest absolute Gasteiger partial charge is 0.322 e. The largest absolute Gasteiger partial charge is 0.481 e. The van der Waals surface area contributed by atoms with Gasteiger partial charge in [0.05, 0.1) is 18.9 Å². The standard InChI is InChI=1S/C51H70N12O14/c1-5-27(4)43(50(76)60-35(22-39(54)65)47(73)58-36(23-40(66)67)44(70)56-25-41(68)69)62-49(75)42(26(2)3)61-45(71)33(17-18-38(53)64)57-46(72)34(20-28-12-7-6-8-13-28)59-48(74)37-16-11-19-63(37)51(77)31(52)21-29-24-55-32-15-10-9-14-30(29)32/h6-10,12-15,24,26-27,31,33-37,42-43,55H,5,11,16-23,25,52H2,1-4H3,(H2,53,64)(H2,54,65)(H,56,70)(H,57,72)(H,58,73)(H,59,74)(H,60,76)(H,61,71)(H,62,75)(H,66,67)(H,68,69)/t27-,31-,33-,34-,35-,36-,37-,42-,43-/m0/s1. The lowest BCUT2D eigenvalue weighted by atomic mass is 9.95. The van der Waals surface area contributed by atoms with Gasteiger partial charge in [-0.1, -0.05) is 82.6 Å². The van der Waals surface area contributed by atoms with Crippen LogP contribution in [0.5, 0.6) is 0 Å². The number of carbonyl (C=O) groups is 12. The third-order valence-electron chi connectivity index (χ3n) is 13.0. The summed E-state index contributed by atoms with van der Waals surface area (Å²) in [6.45, 7) is 5.67. The number of amides is 10. The van der Waals surface area contributed by atoms with Crippen molar-refractivity contribution in [3.05, 3.63) is 71.9 Å². The van der Waals surface area contributed by atoms with Crippen molar-refractivity contribution in [3.63, 3.8) is 0 Å². The summed E-state index contributed by atoms with van der Waals surface area (Å²) in [5.74, 6) is -13.7. The monoisotopic (exact) mass is 1070 g/mol. The SMILES string of the molecule is CC[C@H](C)[C@H](NC(=O)[C@@H](NC(=O)[C@H](CCC(N)=O)NC(=O)[C@H](Cc1ccccc1)NC(=O)[C@@H]1CCCN1C(=O)[C@@H](N)Cc1c[nH]c2ccccc12)C(C)C)C(=O)N[C@@H](CC(N)=O)C(=O)N[C@@H](CC(=O)O)C(=O)NCC(=O)O. The Hall–Kier alpha value is -8.42. The normalized spacial score (nSPS) is 16.2. The molecule has 2 heterocycles. The molecule has 0 unspecified atom stereocenters. The van der Waals surface area contributed by atoms with Crippen molar-refractivity contribution >= 4 is 81.9 Å². The van der Waals surface area contributed by atoms with E-state index in [2.05, 4.69) is 36.9 Å². The lowest BCUT2D eigenvalue weighted by molar-refractivity contribution is -0.142. The third-order valence-corrected chi connectivity index (χ3v) is 13.0. The van der Waals surface area contributed by atoms with Gasteiger partial charge in [0.15, 0.2) is 0 Å². The minimum Gasteiger partial charge on any atom is -0.481 e. The van der Waals surface area contributed by atoms with Gasteiger partial charge in [-0.25, -0.2) is 0 Å². The zero-order valence-corrected chi connectivity index (χ0v) is 43.3. The van der Waals surface area contributed by atoms with Crippen LogP contribution in [0.15, 0.2) is 60.8 Å². The number of H-pyrrole nitrogens is 1. The molecule has 418 valence electrons. The Balaban J connectivity index is 1.53. The number of nitrogens with two attached hydrogens (primary N) is 3. The number of likely N-dealkylation sites (tertiary alicyclic amines) is 1. The molecule has 10 amide bonds. The fourth-order valence-corrected chi connectivity index (χ4v) is 8.64. The molecule has 1 aliphatic heterocycles. The number of carboxylic acid groups (broad SMARTS) is 2. The van der Waals surface area contributed by atoms with Crippen molar-refractivity contribution in [1.29, 1.82) is 0 Å². The molecule has 16 N–H and O–H groups in total. The maximum atomic E-state index is 14.4. The predicted molar refractivity (Wildman–Crippen MR) is 276 cm³/mol. The van der Waals surface area contributed by atoms with Gasteiger partial charge in [-0.05, 0) is 54.7 Å². The molecule has 3 aromatic rings. The van der Waals surface area contributed by atoms with E-state index in [9.17, 15) is 62.6 Å². The number of primary amides is 2. The van der Waals surface area contributed by atoms with Crippen molar-refractivity contribution in [2.75, 3.05) is 13.1 Å². The first-order valence-corrected chi connectivity index (χ1v) is 25.2. The molecule has 4 rings (SSSR count). The molecule has 1 aliphatic rings. The number of hydrogen-bond acceptors (Lipinski definition) is 13. The van der Waals surface area contributed by atoms with Gasteiger partial charge in [-0.3, -0.25) is 57.5 Å². The van der Waals surface area contributed by atoms with Crippen LogP contribution in [0.2, 0.25) is 0 Å². The van der Waals surface area contributed by atoms with Crippen LogP contribution in [0.4, 0.5) is 0 Å². The number of aromatic amines is 1. The fourth-order valence-electron chi connectivity index (χ4n) is 8.64. The van der Waals surface area contributed by atoms with Crippen LogP contribution >= 0.6 is 0 Å². The van der Waals surface area contributed by atoms with Crippen molar-refractivity contribution in [3.8, 4) is 0 Å². The maximum absolute atomic E-state index is 14.4. The number of aromatic nitrogens is 1. The zero-order chi connectivity index (χ0) is 57.1. The van der Waals surface area contributed by atoms with Crippen LogP contribution in [-0.4, -0.2) is 153 Å². The van der Waals surface area contributed by atoms with E-state index in [0.717, 1.165) is 16.5 Å². The second kappa shape index (κ2) is 29.0. The molecule has 26 nitrogen and oxygen atoms in total. The van der Waals surface area contributed by atoms with Gasteiger partial charge in [0.2, 0.25) is 59.1 Å². The number of hydrogen-bond donors (Lipinski definition) is 13. The van der Waals surface area contributed by atoms with Crippen LogP contribution in [-0.2, 0) is 70.4 Å². The van der Waals surface area contributed by atoms with E-state index in [1.165, 1.54) is 4.90 Å². The summed E-state index contributed by atoms with van der Waals surface area (Å²) in [5.41, 5.74) is 19.6. The molecule has 1 fully saturated rings. The number of aliphatic carboxylic acids is 2. The quantitative estimate of drug-likeness (QED) is 0.0334. The average molecular weight is 1080 g/mol. The third kappa shape index (κ3) is 18.4. The lowest BCUT2D eigenvalue weighted by Gasteiger charge is -2.31. The molecule has 0 saturated carbocycles.